The van der Waals surface area contributed by atoms with Crippen LogP contribution in [0.5, 0.6) is 0 Å². The van der Waals surface area contributed by atoms with Crippen molar-refractivity contribution in [3.8, 4) is 10.6 Å². The number of thiazole rings is 1. The molecule has 0 bridgehead atoms. The first-order valence-electron chi connectivity index (χ1n) is 9.89. The molecule has 4 heterocycles. The second-order valence-corrected chi connectivity index (χ2v) is 8.57. The Morgan fingerprint density at radius 2 is 2.03 bits per heavy atom. The minimum absolute atomic E-state index is 0.142. The molecule has 0 aliphatic rings. The Morgan fingerprint density at radius 3 is 2.87 bits per heavy atom. The number of nitrogens with one attached hydrogen (secondary N) is 1. The summed E-state index contributed by atoms with van der Waals surface area (Å²) in [5.41, 5.74) is 6.18. The Balaban J connectivity index is 1.45. The number of hydrogen-bond acceptors (Lipinski definition) is 6. The van der Waals surface area contributed by atoms with E-state index in [-0.39, 0.29) is 11.9 Å². The molecule has 31 heavy (non-hydrogen) atoms. The summed E-state index contributed by atoms with van der Waals surface area (Å²) in [7, 11) is 1.96. The van der Waals surface area contributed by atoms with Crippen LogP contribution in [0.3, 0.4) is 0 Å². The molecular weight excluding hydrogens is 408 g/mol. The number of carbonyl (C=O) groups is 1. The third-order valence-electron chi connectivity index (χ3n) is 5.22. The van der Waals surface area contributed by atoms with Crippen molar-refractivity contribution in [3.05, 3.63) is 71.9 Å². The number of rotatable bonds is 4. The zero-order valence-electron chi connectivity index (χ0n) is 17.3. The molecular formula is C23H20N6OS. The predicted molar refractivity (Wildman–Crippen MR) is 122 cm³/mol. The molecule has 0 aliphatic heterocycles. The van der Waals surface area contributed by atoms with Crippen LogP contribution >= 0.6 is 11.3 Å². The number of hydrogen-bond donors (Lipinski definition) is 1. The zero-order valence-corrected chi connectivity index (χ0v) is 18.1. The molecule has 0 saturated heterocycles. The average molecular weight is 429 g/mol. The largest absolute Gasteiger partial charge is 0.345 e. The van der Waals surface area contributed by atoms with Crippen LogP contribution in [-0.4, -0.2) is 30.4 Å². The molecule has 0 aliphatic carbocycles. The maximum absolute atomic E-state index is 12.6. The molecule has 0 radical (unpaired) electrons. The lowest BCUT2D eigenvalue weighted by Crippen LogP contribution is -2.26. The highest BCUT2D eigenvalue weighted by molar-refractivity contribution is 7.21. The number of nitrogens with zero attached hydrogens (tertiary/aromatic N) is 5. The molecule has 5 aromatic rings. The highest BCUT2D eigenvalue weighted by Gasteiger charge is 2.16. The molecule has 7 nitrogen and oxygen atoms in total. The van der Waals surface area contributed by atoms with E-state index in [1.165, 1.54) is 0 Å². The van der Waals surface area contributed by atoms with Gasteiger partial charge >= 0.3 is 0 Å². The van der Waals surface area contributed by atoms with E-state index in [1.54, 1.807) is 36.3 Å². The quantitative estimate of drug-likeness (QED) is 0.457. The Morgan fingerprint density at radius 1 is 1.16 bits per heavy atom. The first kappa shape index (κ1) is 19.3. The maximum Gasteiger partial charge on any atom is 0.253 e. The van der Waals surface area contributed by atoms with Gasteiger partial charge < -0.3 is 9.88 Å². The monoisotopic (exact) mass is 428 g/mol. The van der Waals surface area contributed by atoms with Gasteiger partial charge in [-0.3, -0.25) is 9.78 Å². The number of aromatic nitrogens is 5. The van der Waals surface area contributed by atoms with E-state index in [2.05, 4.69) is 26.3 Å². The van der Waals surface area contributed by atoms with Gasteiger partial charge in [0.1, 0.15) is 20.9 Å². The van der Waals surface area contributed by atoms with Crippen LogP contribution in [0.2, 0.25) is 0 Å². The summed E-state index contributed by atoms with van der Waals surface area (Å²) in [6.45, 7) is 3.89. The molecule has 1 N–H and O–H groups in total. The second-order valence-electron chi connectivity index (χ2n) is 7.59. The van der Waals surface area contributed by atoms with E-state index in [1.807, 2.05) is 49.7 Å². The van der Waals surface area contributed by atoms with Crippen molar-refractivity contribution in [2.45, 2.75) is 19.9 Å². The first-order chi connectivity index (χ1) is 15.0. The number of aryl methyl sites for hydroxylation is 2. The Bertz CT molecular complexity index is 1440. The third-order valence-corrected chi connectivity index (χ3v) is 6.23. The number of pyridine rings is 2. The van der Waals surface area contributed by atoms with Gasteiger partial charge in [0.15, 0.2) is 0 Å². The van der Waals surface area contributed by atoms with Crippen molar-refractivity contribution in [2.24, 2.45) is 7.05 Å². The molecule has 5 rings (SSSR count). The van der Waals surface area contributed by atoms with Crippen molar-refractivity contribution in [1.29, 1.82) is 0 Å². The zero-order chi connectivity index (χ0) is 21.5. The van der Waals surface area contributed by atoms with Gasteiger partial charge in [0.05, 0.1) is 29.6 Å². The van der Waals surface area contributed by atoms with E-state index < -0.39 is 0 Å². The van der Waals surface area contributed by atoms with Crippen LogP contribution in [0, 0.1) is 6.92 Å². The molecule has 1 amide bonds. The van der Waals surface area contributed by atoms with Gasteiger partial charge in [0, 0.05) is 25.0 Å². The molecule has 4 aromatic heterocycles. The second kappa shape index (κ2) is 7.55. The SMILES string of the molecule is Cc1cncc(C(=O)N[C@@H](C)c2cccc(-c3nc4c(ncc5ncn(C)c54)s3)c2)c1. The van der Waals surface area contributed by atoms with E-state index >= 15 is 0 Å². The number of fused-ring (bicyclic) bond motifs is 3. The van der Waals surface area contributed by atoms with E-state index in [4.69, 9.17) is 4.98 Å². The molecule has 1 aromatic carbocycles. The number of benzene rings is 1. The van der Waals surface area contributed by atoms with Crippen molar-refractivity contribution < 1.29 is 4.79 Å². The van der Waals surface area contributed by atoms with Crippen LogP contribution in [0.1, 0.15) is 34.5 Å². The fraction of sp³-hybridized carbons (Fsp3) is 0.174. The van der Waals surface area contributed by atoms with Gasteiger partial charge in [-0.2, -0.15) is 0 Å². The molecule has 0 fully saturated rings. The predicted octanol–water partition coefficient (Wildman–Crippen LogP) is 4.44. The lowest BCUT2D eigenvalue weighted by atomic mass is 10.0. The topological polar surface area (TPSA) is 85.6 Å². The average Bonchev–Trinajstić information content (AvgIpc) is 3.37. The standard InChI is InChI=1S/C23H20N6OS/c1-13-7-17(10-24-9-13)21(30)27-14(2)15-5-4-6-16(8-15)22-28-19-20-18(26-12-29(20)3)11-25-23(19)31-22/h4-12,14H,1-3H3,(H,27,30)/t14-/m0/s1. The molecule has 0 unspecified atom stereocenters. The minimum atomic E-state index is -0.163. The lowest BCUT2D eigenvalue weighted by Gasteiger charge is -2.15. The first-order valence-corrected chi connectivity index (χ1v) is 10.7. The summed E-state index contributed by atoms with van der Waals surface area (Å²) in [5, 5.41) is 3.94. The van der Waals surface area contributed by atoms with E-state index in [9.17, 15) is 4.79 Å². The van der Waals surface area contributed by atoms with E-state index in [0.29, 0.717) is 5.56 Å². The smallest absolute Gasteiger partial charge is 0.253 e. The summed E-state index contributed by atoms with van der Waals surface area (Å²) in [4.78, 5) is 31.3. The lowest BCUT2D eigenvalue weighted by molar-refractivity contribution is 0.0939. The Hall–Kier alpha value is -3.65. The summed E-state index contributed by atoms with van der Waals surface area (Å²) in [5.74, 6) is -0.142. The van der Waals surface area contributed by atoms with Gasteiger partial charge in [-0.25, -0.2) is 15.0 Å². The van der Waals surface area contributed by atoms with E-state index in [0.717, 1.165) is 43.1 Å². The summed E-state index contributed by atoms with van der Waals surface area (Å²) in [6, 6.07) is 9.76. The summed E-state index contributed by atoms with van der Waals surface area (Å²) in [6.07, 6.45) is 6.88. The highest BCUT2D eigenvalue weighted by Crippen LogP contribution is 2.33. The van der Waals surface area contributed by atoms with Crippen molar-refractivity contribution in [3.63, 3.8) is 0 Å². The van der Waals surface area contributed by atoms with Crippen molar-refractivity contribution in [2.75, 3.05) is 0 Å². The molecule has 8 heteroatoms. The van der Waals surface area contributed by atoms with Crippen LogP contribution in [0.25, 0.3) is 32.0 Å². The van der Waals surface area contributed by atoms with Gasteiger partial charge in [-0.15, -0.1) is 0 Å². The van der Waals surface area contributed by atoms with Gasteiger partial charge in [-0.05, 0) is 37.1 Å². The fourth-order valence-electron chi connectivity index (χ4n) is 3.61. The van der Waals surface area contributed by atoms with Crippen molar-refractivity contribution in [1.82, 2.24) is 29.8 Å². The Labute approximate surface area is 182 Å². The van der Waals surface area contributed by atoms with Crippen LogP contribution in [0.15, 0.2) is 55.2 Å². The van der Waals surface area contributed by atoms with Gasteiger partial charge in [0.25, 0.3) is 5.91 Å². The maximum atomic E-state index is 12.6. The van der Waals surface area contributed by atoms with Gasteiger partial charge in [0.2, 0.25) is 0 Å². The summed E-state index contributed by atoms with van der Waals surface area (Å²) < 4.78 is 1.97. The third kappa shape index (κ3) is 3.55. The summed E-state index contributed by atoms with van der Waals surface area (Å²) >= 11 is 1.55. The number of carbonyl (C=O) groups excluding carboxylic acids is 1. The Kier molecular flexibility index (Phi) is 4.71. The number of imidazole rings is 1. The van der Waals surface area contributed by atoms with Gasteiger partial charge in [-0.1, -0.05) is 29.5 Å². The molecule has 0 saturated carbocycles. The number of amides is 1. The molecule has 1 atom stereocenters. The minimum Gasteiger partial charge on any atom is -0.345 e. The molecule has 0 spiro atoms. The highest BCUT2D eigenvalue weighted by atomic mass is 32.1. The van der Waals surface area contributed by atoms with Crippen molar-refractivity contribution >= 4 is 38.6 Å². The molecule has 154 valence electrons. The van der Waals surface area contributed by atoms with Crippen LogP contribution < -0.4 is 5.32 Å². The fourth-order valence-corrected chi connectivity index (χ4v) is 4.52. The normalized spacial score (nSPS) is 12.4. The van der Waals surface area contributed by atoms with Crippen LogP contribution in [-0.2, 0) is 7.05 Å². The van der Waals surface area contributed by atoms with Crippen LogP contribution in [0.4, 0.5) is 0 Å².